The van der Waals surface area contributed by atoms with Gasteiger partial charge >= 0.3 is 0 Å². The number of hydrogen-bond donors (Lipinski definition) is 0. The molecule has 0 aliphatic heterocycles. The van der Waals surface area contributed by atoms with Crippen LogP contribution >= 0.6 is 0 Å². The summed E-state index contributed by atoms with van der Waals surface area (Å²) < 4.78 is 12.2. The second-order valence-corrected chi connectivity index (χ2v) is 3.38. The number of nitrogens with zero attached hydrogens (tertiary/aromatic N) is 1. The SMILES string of the molecule is FCCc1cccc(-c2ccncc2)c1. The van der Waals surface area contributed by atoms with Gasteiger partial charge in [-0.05, 0) is 28.8 Å². The molecule has 0 bridgehead atoms. The summed E-state index contributed by atoms with van der Waals surface area (Å²) in [6.45, 7) is -0.306. The highest BCUT2D eigenvalue weighted by molar-refractivity contribution is 5.63. The maximum Gasteiger partial charge on any atom is 0.0934 e. The predicted octanol–water partition coefficient (Wildman–Crippen LogP) is 3.26. The topological polar surface area (TPSA) is 12.9 Å². The average Bonchev–Trinajstić information content (AvgIpc) is 2.31. The molecule has 2 rings (SSSR count). The normalized spacial score (nSPS) is 10.2. The number of pyridine rings is 1. The standard InChI is InChI=1S/C13H12FN/c14-7-4-11-2-1-3-13(10-11)12-5-8-15-9-6-12/h1-3,5-6,8-10H,4,7H2. The zero-order chi connectivity index (χ0) is 10.5. The summed E-state index contributed by atoms with van der Waals surface area (Å²) in [5.74, 6) is 0. The minimum absolute atomic E-state index is 0.306. The molecule has 2 aromatic rings. The molecule has 15 heavy (non-hydrogen) atoms. The zero-order valence-electron chi connectivity index (χ0n) is 8.36. The van der Waals surface area contributed by atoms with Crippen LogP contribution in [0.5, 0.6) is 0 Å². The second-order valence-electron chi connectivity index (χ2n) is 3.38. The van der Waals surface area contributed by atoms with Gasteiger partial charge in [-0.2, -0.15) is 0 Å². The van der Waals surface area contributed by atoms with Crippen molar-refractivity contribution >= 4 is 0 Å². The molecule has 0 fully saturated rings. The quantitative estimate of drug-likeness (QED) is 0.742. The van der Waals surface area contributed by atoms with E-state index in [4.69, 9.17) is 0 Å². The Kier molecular flexibility index (Phi) is 3.08. The lowest BCUT2D eigenvalue weighted by Gasteiger charge is -2.03. The van der Waals surface area contributed by atoms with Crippen LogP contribution in [-0.4, -0.2) is 11.7 Å². The number of rotatable bonds is 3. The van der Waals surface area contributed by atoms with E-state index in [9.17, 15) is 4.39 Å². The summed E-state index contributed by atoms with van der Waals surface area (Å²) in [5.41, 5.74) is 3.26. The van der Waals surface area contributed by atoms with Gasteiger partial charge in [-0.25, -0.2) is 0 Å². The van der Waals surface area contributed by atoms with E-state index in [0.29, 0.717) is 6.42 Å². The van der Waals surface area contributed by atoms with Crippen LogP contribution in [0, 0.1) is 0 Å². The minimum atomic E-state index is -0.306. The van der Waals surface area contributed by atoms with E-state index in [0.717, 1.165) is 16.7 Å². The molecule has 0 radical (unpaired) electrons. The monoisotopic (exact) mass is 201 g/mol. The Balaban J connectivity index is 2.33. The maximum absolute atomic E-state index is 12.2. The van der Waals surface area contributed by atoms with Gasteiger partial charge in [0.25, 0.3) is 0 Å². The lowest BCUT2D eigenvalue weighted by atomic mass is 10.0. The number of hydrogen-bond acceptors (Lipinski definition) is 1. The third kappa shape index (κ3) is 2.40. The molecule has 0 atom stereocenters. The van der Waals surface area contributed by atoms with Crippen molar-refractivity contribution in [3.8, 4) is 11.1 Å². The molecule has 1 nitrogen and oxygen atoms in total. The number of aryl methyl sites for hydroxylation is 1. The third-order valence-corrected chi connectivity index (χ3v) is 2.32. The first-order chi connectivity index (χ1) is 7.40. The molecule has 2 heteroatoms. The molecular formula is C13H12FN. The van der Waals surface area contributed by atoms with Crippen LogP contribution in [0.4, 0.5) is 4.39 Å². The van der Waals surface area contributed by atoms with Gasteiger partial charge in [0.1, 0.15) is 0 Å². The first kappa shape index (κ1) is 9.84. The molecule has 1 aromatic carbocycles. The zero-order valence-corrected chi connectivity index (χ0v) is 8.36. The largest absolute Gasteiger partial charge is 0.265 e. The molecule has 0 saturated carbocycles. The van der Waals surface area contributed by atoms with Crippen LogP contribution in [-0.2, 0) is 6.42 Å². The number of benzene rings is 1. The highest BCUT2D eigenvalue weighted by Gasteiger charge is 1.98. The van der Waals surface area contributed by atoms with Crippen LogP contribution in [0.1, 0.15) is 5.56 Å². The molecule has 0 aliphatic rings. The van der Waals surface area contributed by atoms with Gasteiger partial charge in [0.15, 0.2) is 0 Å². The lowest BCUT2D eigenvalue weighted by Crippen LogP contribution is -1.87. The van der Waals surface area contributed by atoms with Crippen molar-refractivity contribution in [2.75, 3.05) is 6.67 Å². The Hall–Kier alpha value is -1.70. The van der Waals surface area contributed by atoms with Gasteiger partial charge in [-0.3, -0.25) is 9.37 Å². The second kappa shape index (κ2) is 4.69. The smallest absolute Gasteiger partial charge is 0.0934 e. The molecule has 0 spiro atoms. The van der Waals surface area contributed by atoms with Crippen molar-refractivity contribution in [2.24, 2.45) is 0 Å². The Morgan fingerprint density at radius 1 is 1.00 bits per heavy atom. The van der Waals surface area contributed by atoms with Crippen molar-refractivity contribution < 1.29 is 4.39 Å². The van der Waals surface area contributed by atoms with Crippen molar-refractivity contribution in [3.05, 3.63) is 54.4 Å². The summed E-state index contributed by atoms with van der Waals surface area (Å²) in [6.07, 6.45) is 4.01. The summed E-state index contributed by atoms with van der Waals surface area (Å²) in [7, 11) is 0. The Bertz CT molecular complexity index is 426. The Morgan fingerprint density at radius 3 is 2.53 bits per heavy atom. The van der Waals surface area contributed by atoms with E-state index < -0.39 is 0 Å². The Labute approximate surface area is 88.6 Å². The van der Waals surface area contributed by atoms with Crippen molar-refractivity contribution in [1.82, 2.24) is 4.98 Å². The van der Waals surface area contributed by atoms with Gasteiger partial charge in [-0.1, -0.05) is 24.3 Å². The van der Waals surface area contributed by atoms with Crippen LogP contribution in [0.25, 0.3) is 11.1 Å². The average molecular weight is 201 g/mol. The summed E-state index contributed by atoms with van der Waals surface area (Å²) in [6, 6.07) is 11.9. The van der Waals surface area contributed by atoms with Crippen LogP contribution in [0.15, 0.2) is 48.8 Å². The fourth-order valence-corrected chi connectivity index (χ4v) is 1.56. The number of aromatic nitrogens is 1. The van der Waals surface area contributed by atoms with E-state index in [1.165, 1.54) is 0 Å². The van der Waals surface area contributed by atoms with E-state index in [1.807, 2.05) is 36.4 Å². The van der Waals surface area contributed by atoms with Crippen molar-refractivity contribution in [1.29, 1.82) is 0 Å². The molecule has 0 amide bonds. The van der Waals surface area contributed by atoms with E-state index in [1.54, 1.807) is 12.4 Å². The molecule has 1 heterocycles. The molecule has 1 aromatic heterocycles. The van der Waals surface area contributed by atoms with E-state index in [-0.39, 0.29) is 6.67 Å². The molecule has 0 N–H and O–H groups in total. The predicted molar refractivity (Wildman–Crippen MR) is 59.4 cm³/mol. The molecule has 0 aliphatic carbocycles. The number of alkyl halides is 1. The summed E-state index contributed by atoms with van der Waals surface area (Å²) in [4.78, 5) is 3.97. The van der Waals surface area contributed by atoms with Crippen molar-refractivity contribution in [3.63, 3.8) is 0 Å². The fraction of sp³-hybridized carbons (Fsp3) is 0.154. The van der Waals surface area contributed by atoms with Crippen LogP contribution < -0.4 is 0 Å². The van der Waals surface area contributed by atoms with E-state index >= 15 is 0 Å². The third-order valence-electron chi connectivity index (χ3n) is 2.32. The van der Waals surface area contributed by atoms with Gasteiger partial charge in [0.2, 0.25) is 0 Å². The van der Waals surface area contributed by atoms with Gasteiger partial charge < -0.3 is 0 Å². The van der Waals surface area contributed by atoms with Crippen LogP contribution in [0.3, 0.4) is 0 Å². The van der Waals surface area contributed by atoms with Gasteiger partial charge in [0, 0.05) is 18.8 Å². The highest BCUT2D eigenvalue weighted by Crippen LogP contribution is 2.19. The summed E-state index contributed by atoms with van der Waals surface area (Å²) in [5, 5.41) is 0. The van der Waals surface area contributed by atoms with Crippen molar-refractivity contribution in [2.45, 2.75) is 6.42 Å². The van der Waals surface area contributed by atoms with E-state index in [2.05, 4.69) is 4.98 Å². The first-order valence-corrected chi connectivity index (χ1v) is 4.95. The van der Waals surface area contributed by atoms with Crippen LogP contribution in [0.2, 0.25) is 0 Å². The minimum Gasteiger partial charge on any atom is -0.265 e. The highest BCUT2D eigenvalue weighted by atomic mass is 19.1. The first-order valence-electron chi connectivity index (χ1n) is 4.95. The fourth-order valence-electron chi connectivity index (χ4n) is 1.56. The lowest BCUT2D eigenvalue weighted by molar-refractivity contribution is 0.495. The maximum atomic E-state index is 12.2. The molecular weight excluding hydrogens is 189 g/mol. The number of halogens is 1. The molecule has 76 valence electrons. The molecule has 0 unspecified atom stereocenters. The summed E-state index contributed by atoms with van der Waals surface area (Å²) >= 11 is 0. The van der Waals surface area contributed by atoms with Gasteiger partial charge in [0.05, 0.1) is 6.67 Å². The van der Waals surface area contributed by atoms with Gasteiger partial charge in [-0.15, -0.1) is 0 Å². The Morgan fingerprint density at radius 2 is 1.80 bits per heavy atom. The molecule has 0 saturated heterocycles.